The van der Waals surface area contributed by atoms with Gasteiger partial charge in [0.25, 0.3) is 0 Å². The van der Waals surface area contributed by atoms with Crippen molar-refractivity contribution >= 4 is 17.2 Å². The minimum absolute atomic E-state index is 0.161. The molecule has 4 heterocycles. The summed E-state index contributed by atoms with van der Waals surface area (Å²) in [5, 5.41) is 0.816. The number of likely N-dealkylation sites (tertiary alicyclic amines) is 1. The highest BCUT2D eigenvalue weighted by Gasteiger charge is 2.40. The van der Waals surface area contributed by atoms with Crippen LogP contribution >= 0.6 is 11.6 Å². The van der Waals surface area contributed by atoms with Gasteiger partial charge in [-0.2, -0.15) is 0 Å². The van der Waals surface area contributed by atoms with E-state index in [2.05, 4.69) is 40.2 Å². The molecule has 36 heavy (non-hydrogen) atoms. The first-order valence-electron chi connectivity index (χ1n) is 12.8. The first-order chi connectivity index (χ1) is 17.6. The average molecular weight is 503 g/mol. The minimum atomic E-state index is -0.161. The zero-order valence-corrected chi connectivity index (χ0v) is 21.4. The fraction of sp³-hybridized carbons (Fsp3) is 0.367. The van der Waals surface area contributed by atoms with Gasteiger partial charge in [-0.3, -0.25) is 4.98 Å². The van der Waals surface area contributed by atoms with Crippen LogP contribution in [0.1, 0.15) is 47.2 Å². The molecule has 6 rings (SSSR count). The summed E-state index contributed by atoms with van der Waals surface area (Å²) in [4.78, 5) is 7.15. The molecule has 1 fully saturated rings. The molecule has 1 saturated heterocycles. The molecule has 5 nitrogen and oxygen atoms in total. The fourth-order valence-corrected chi connectivity index (χ4v) is 6.07. The predicted octanol–water partition coefficient (Wildman–Crippen LogP) is 6.02. The lowest BCUT2D eigenvalue weighted by Gasteiger charge is -2.45. The largest absolute Gasteiger partial charge is 0.497 e. The highest BCUT2D eigenvalue weighted by Crippen LogP contribution is 2.42. The Labute approximate surface area is 217 Å². The molecular formula is C30H31ClN2O3. The van der Waals surface area contributed by atoms with Crippen LogP contribution in [0.15, 0.2) is 60.8 Å². The fourth-order valence-electron chi connectivity index (χ4n) is 5.87. The van der Waals surface area contributed by atoms with E-state index in [0.717, 1.165) is 85.3 Å². The third-order valence-electron chi connectivity index (χ3n) is 7.79. The van der Waals surface area contributed by atoms with E-state index >= 15 is 0 Å². The number of nitrogens with zero attached hydrogens (tertiary/aromatic N) is 2. The maximum Gasteiger partial charge on any atom is 0.131 e. The van der Waals surface area contributed by atoms with E-state index in [0.29, 0.717) is 6.61 Å². The van der Waals surface area contributed by atoms with Gasteiger partial charge >= 0.3 is 0 Å². The lowest BCUT2D eigenvalue weighted by atomic mass is 9.79. The van der Waals surface area contributed by atoms with Crippen molar-refractivity contribution in [3.8, 4) is 11.5 Å². The number of methoxy groups -OCH3 is 1. The molecule has 0 unspecified atom stereocenters. The van der Waals surface area contributed by atoms with Crippen molar-refractivity contribution in [2.24, 2.45) is 0 Å². The number of aromatic nitrogens is 1. The summed E-state index contributed by atoms with van der Waals surface area (Å²) >= 11 is 6.27. The lowest BCUT2D eigenvalue weighted by Crippen LogP contribution is -2.46. The zero-order valence-electron chi connectivity index (χ0n) is 20.6. The summed E-state index contributed by atoms with van der Waals surface area (Å²) in [7, 11) is 1.70. The number of ether oxygens (including phenoxy) is 3. The molecule has 0 aliphatic carbocycles. The van der Waals surface area contributed by atoms with Crippen LogP contribution in [0.4, 0.5) is 0 Å². The van der Waals surface area contributed by atoms with E-state index in [4.69, 9.17) is 25.8 Å². The van der Waals surface area contributed by atoms with Crippen molar-refractivity contribution in [2.75, 3.05) is 33.4 Å². The van der Waals surface area contributed by atoms with Gasteiger partial charge in [-0.05, 0) is 78.8 Å². The van der Waals surface area contributed by atoms with Crippen molar-refractivity contribution in [1.82, 2.24) is 9.88 Å². The third-order valence-corrected chi connectivity index (χ3v) is 8.02. The van der Waals surface area contributed by atoms with Crippen molar-refractivity contribution in [1.29, 1.82) is 0 Å². The van der Waals surface area contributed by atoms with Gasteiger partial charge in [0.2, 0.25) is 0 Å². The number of pyridine rings is 1. The highest BCUT2D eigenvalue weighted by atomic mass is 35.5. The van der Waals surface area contributed by atoms with E-state index in [-0.39, 0.29) is 5.60 Å². The molecule has 3 aliphatic heterocycles. The van der Waals surface area contributed by atoms with E-state index in [1.54, 1.807) is 7.11 Å². The van der Waals surface area contributed by atoms with Crippen LogP contribution in [0.3, 0.4) is 0 Å². The van der Waals surface area contributed by atoms with Gasteiger partial charge in [0.1, 0.15) is 18.1 Å². The molecule has 0 radical (unpaired) electrons. The second-order valence-electron chi connectivity index (χ2n) is 9.79. The van der Waals surface area contributed by atoms with Gasteiger partial charge in [0.05, 0.1) is 25.0 Å². The molecule has 0 saturated carbocycles. The predicted molar refractivity (Wildman–Crippen MR) is 142 cm³/mol. The van der Waals surface area contributed by atoms with Gasteiger partial charge in [-0.1, -0.05) is 29.8 Å². The Bertz CT molecular complexity index is 1300. The SMILES string of the molecule is COc1ccc2c(c1)/C(=C/CCN1CCC3(CC1)OCCc1cc(Cl)ccc13)c1cccnc1CO2. The van der Waals surface area contributed by atoms with Crippen molar-refractivity contribution in [3.63, 3.8) is 0 Å². The molecule has 6 heteroatoms. The quantitative estimate of drug-likeness (QED) is 0.436. The van der Waals surface area contributed by atoms with Gasteiger partial charge in [0, 0.05) is 42.0 Å². The van der Waals surface area contributed by atoms with Crippen molar-refractivity contribution in [2.45, 2.75) is 37.9 Å². The summed E-state index contributed by atoms with van der Waals surface area (Å²) < 4.78 is 18.0. The normalized spacial score (nSPS) is 19.7. The first-order valence-corrected chi connectivity index (χ1v) is 13.1. The molecule has 0 bridgehead atoms. The molecule has 0 atom stereocenters. The van der Waals surface area contributed by atoms with Crippen LogP contribution in [0.2, 0.25) is 5.02 Å². The summed E-state index contributed by atoms with van der Waals surface area (Å²) in [6.45, 7) is 4.29. The molecule has 2 aromatic carbocycles. The number of benzene rings is 2. The van der Waals surface area contributed by atoms with Crippen LogP contribution in [0.25, 0.3) is 5.57 Å². The third kappa shape index (κ3) is 4.40. The Hall–Kier alpha value is -2.86. The second kappa shape index (κ2) is 9.89. The Morgan fingerprint density at radius 3 is 2.86 bits per heavy atom. The molecule has 186 valence electrons. The molecular weight excluding hydrogens is 472 g/mol. The summed E-state index contributed by atoms with van der Waals surface area (Å²) in [5.41, 5.74) is 6.85. The molecule has 3 aliphatic rings. The van der Waals surface area contributed by atoms with Gasteiger partial charge in [-0.25, -0.2) is 0 Å². The Morgan fingerprint density at radius 1 is 1.11 bits per heavy atom. The molecule has 0 amide bonds. The first kappa shape index (κ1) is 23.5. The van der Waals surface area contributed by atoms with Gasteiger partial charge in [-0.15, -0.1) is 0 Å². The molecule has 0 N–H and O–H groups in total. The number of fused-ring (bicyclic) bond motifs is 4. The maximum absolute atomic E-state index is 6.42. The Morgan fingerprint density at radius 2 is 2.00 bits per heavy atom. The van der Waals surface area contributed by atoms with Crippen molar-refractivity contribution < 1.29 is 14.2 Å². The monoisotopic (exact) mass is 502 g/mol. The van der Waals surface area contributed by atoms with Crippen LogP contribution < -0.4 is 9.47 Å². The summed E-state index contributed by atoms with van der Waals surface area (Å²) in [6.07, 6.45) is 8.09. The molecule has 3 aromatic rings. The number of hydrogen-bond donors (Lipinski definition) is 0. The average Bonchev–Trinajstić information content (AvgIpc) is 3.06. The zero-order chi connectivity index (χ0) is 24.5. The number of rotatable bonds is 4. The topological polar surface area (TPSA) is 43.8 Å². The standard InChI is InChI=1S/C30H31ClN2O3/c1-34-23-7-9-29-26(19-23)24(25-4-2-13-32-28(25)20-35-29)5-3-14-33-15-11-30(12-16-33)27-8-6-22(31)18-21(27)10-17-36-30/h2,4-9,13,18-19H,3,10-12,14-17,20H2,1H3/b24-5+. The van der Waals surface area contributed by atoms with Crippen LogP contribution in [-0.4, -0.2) is 43.2 Å². The summed E-state index contributed by atoms with van der Waals surface area (Å²) in [5.74, 6) is 1.69. The van der Waals surface area contributed by atoms with E-state index in [1.807, 2.05) is 30.5 Å². The number of halogens is 1. The molecule has 1 spiro atoms. The van der Waals surface area contributed by atoms with Crippen LogP contribution in [0.5, 0.6) is 11.5 Å². The van der Waals surface area contributed by atoms with Gasteiger partial charge < -0.3 is 19.1 Å². The second-order valence-corrected chi connectivity index (χ2v) is 10.2. The Kier molecular flexibility index (Phi) is 6.46. The van der Waals surface area contributed by atoms with Crippen molar-refractivity contribution in [3.05, 3.63) is 93.8 Å². The highest BCUT2D eigenvalue weighted by molar-refractivity contribution is 6.30. The van der Waals surface area contributed by atoms with Crippen LogP contribution in [0, 0.1) is 0 Å². The van der Waals surface area contributed by atoms with E-state index < -0.39 is 0 Å². The summed E-state index contributed by atoms with van der Waals surface area (Å²) in [6, 6.07) is 16.5. The number of piperidine rings is 1. The minimum Gasteiger partial charge on any atom is -0.497 e. The van der Waals surface area contributed by atoms with Gasteiger partial charge in [0.15, 0.2) is 0 Å². The lowest BCUT2D eigenvalue weighted by molar-refractivity contribution is -0.0976. The molecule has 1 aromatic heterocycles. The van der Waals surface area contributed by atoms with Crippen LogP contribution in [-0.2, 0) is 23.4 Å². The van der Waals surface area contributed by atoms with E-state index in [9.17, 15) is 0 Å². The Balaban J connectivity index is 1.19. The smallest absolute Gasteiger partial charge is 0.131 e. The van der Waals surface area contributed by atoms with E-state index in [1.165, 1.54) is 16.7 Å². The number of hydrogen-bond acceptors (Lipinski definition) is 5. The maximum atomic E-state index is 6.42.